The SMILES string of the molecule is C=C1CNCCN1C=NC. The first-order chi connectivity index (χ1) is 4.84. The summed E-state index contributed by atoms with van der Waals surface area (Å²) in [6, 6.07) is 0. The standard InChI is InChI=1S/C7H13N3/c1-7-5-9-3-4-10(7)6-8-2/h6,9H,1,3-5H2,2H3. The van der Waals surface area contributed by atoms with Gasteiger partial charge in [0.15, 0.2) is 0 Å². The Balaban J connectivity index is 2.48. The smallest absolute Gasteiger partial charge is 0.0888 e. The Morgan fingerprint density at radius 2 is 2.60 bits per heavy atom. The van der Waals surface area contributed by atoms with Crippen LogP contribution in [0.2, 0.25) is 0 Å². The summed E-state index contributed by atoms with van der Waals surface area (Å²) in [5.74, 6) is 0. The van der Waals surface area contributed by atoms with Crippen LogP contribution in [-0.4, -0.2) is 37.9 Å². The van der Waals surface area contributed by atoms with Gasteiger partial charge in [-0.25, -0.2) is 0 Å². The average molecular weight is 139 g/mol. The lowest BCUT2D eigenvalue weighted by atomic mass is 10.3. The van der Waals surface area contributed by atoms with Crippen LogP contribution in [0, 0.1) is 0 Å². The lowest BCUT2D eigenvalue weighted by Crippen LogP contribution is -2.40. The Kier molecular flexibility index (Phi) is 2.45. The molecule has 0 aromatic carbocycles. The summed E-state index contributed by atoms with van der Waals surface area (Å²) in [5, 5.41) is 3.22. The van der Waals surface area contributed by atoms with E-state index >= 15 is 0 Å². The molecule has 0 aromatic heterocycles. The molecule has 0 bridgehead atoms. The number of aliphatic imine (C=N–C) groups is 1. The molecule has 1 fully saturated rings. The molecule has 1 aliphatic rings. The highest BCUT2D eigenvalue weighted by atomic mass is 15.2. The lowest BCUT2D eigenvalue weighted by molar-refractivity contribution is 0.438. The molecule has 1 aliphatic heterocycles. The number of nitrogens with zero attached hydrogens (tertiary/aromatic N) is 2. The molecule has 0 unspecified atom stereocenters. The molecule has 0 radical (unpaired) electrons. The normalized spacial score (nSPS) is 20.5. The van der Waals surface area contributed by atoms with E-state index in [9.17, 15) is 0 Å². The number of hydrogen-bond donors (Lipinski definition) is 1. The monoisotopic (exact) mass is 139 g/mol. The first kappa shape index (κ1) is 7.28. The molecule has 0 aromatic rings. The van der Waals surface area contributed by atoms with E-state index in [1.807, 2.05) is 6.34 Å². The molecule has 1 N–H and O–H groups in total. The highest BCUT2D eigenvalue weighted by Gasteiger charge is 2.08. The lowest BCUT2D eigenvalue weighted by Gasteiger charge is -2.27. The molecule has 10 heavy (non-hydrogen) atoms. The minimum atomic E-state index is 0.881. The van der Waals surface area contributed by atoms with E-state index in [2.05, 4.69) is 21.8 Å². The molecular weight excluding hydrogens is 126 g/mol. The molecule has 0 amide bonds. The van der Waals surface area contributed by atoms with E-state index in [0.29, 0.717) is 0 Å². The molecule has 1 heterocycles. The van der Waals surface area contributed by atoms with Crippen LogP contribution in [0.3, 0.4) is 0 Å². The summed E-state index contributed by atoms with van der Waals surface area (Å²) in [4.78, 5) is 5.99. The van der Waals surface area contributed by atoms with Gasteiger partial charge in [0.1, 0.15) is 0 Å². The van der Waals surface area contributed by atoms with Crippen LogP contribution in [0.25, 0.3) is 0 Å². The molecule has 1 saturated heterocycles. The fourth-order valence-corrected chi connectivity index (χ4v) is 0.971. The van der Waals surface area contributed by atoms with E-state index in [-0.39, 0.29) is 0 Å². The first-order valence-electron chi connectivity index (χ1n) is 3.42. The third-order valence-electron chi connectivity index (χ3n) is 1.52. The second-order valence-electron chi connectivity index (χ2n) is 2.31. The van der Waals surface area contributed by atoms with Gasteiger partial charge in [-0.2, -0.15) is 0 Å². The third-order valence-corrected chi connectivity index (χ3v) is 1.52. The molecule has 3 nitrogen and oxygen atoms in total. The first-order valence-corrected chi connectivity index (χ1v) is 3.42. The number of hydrogen-bond acceptors (Lipinski definition) is 2. The van der Waals surface area contributed by atoms with Crippen molar-refractivity contribution >= 4 is 6.34 Å². The highest BCUT2D eigenvalue weighted by Crippen LogP contribution is 2.00. The molecule has 1 rings (SSSR count). The van der Waals surface area contributed by atoms with Crippen molar-refractivity contribution in [3.05, 3.63) is 12.3 Å². The Morgan fingerprint density at radius 3 is 3.20 bits per heavy atom. The summed E-state index contributed by atoms with van der Waals surface area (Å²) in [6.07, 6.45) is 1.82. The largest absolute Gasteiger partial charge is 0.335 e. The van der Waals surface area contributed by atoms with E-state index in [1.165, 1.54) is 0 Å². The molecule has 0 spiro atoms. The highest BCUT2D eigenvalue weighted by molar-refractivity contribution is 5.58. The van der Waals surface area contributed by atoms with Crippen LogP contribution >= 0.6 is 0 Å². The summed E-state index contributed by atoms with van der Waals surface area (Å²) in [7, 11) is 1.77. The molecule has 0 saturated carbocycles. The van der Waals surface area contributed by atoms with Crippen molar-refractivity contribution in [2.24, 2.45) is 4.99 Å². The molecule has 3 heteroatoms. The average Bonchev–Trinajstić information content (AvgIpc) is 1.94. The van der Waals surface area contributed by atoms with Gasteiger partial charge >= 0.3 is 0 Å². The van der Waals surface area contributed by atoms with Crippen LogP contribution in [-0.2, 0) is 0 Å². The third kappa shape index (κ3) is 1.57. The van der Waals surface area contributed by atoms with Crippen molar-refractivity contribution in [3.63, 3.8) is 0 Å². The van der Waals surface area contributed by atoms with Gasteiger partial charge in [0, 0.05) is 32.4 Å². The van der Waals surface area contributed by atoms with Crippen LogP contribution in [0.4, 0.5) is 0 Å². The summed E-state index contributed by atoms with van der Waals surface area (Å²) >= 11 is 0. The fraction of sp³-hybridized carbons (Fsp3) is 0.571. The minimum absolute atomic E-state index is 0.881. The molecule has 0 aliphatic carbocycles. The summed E-state index contributed by atoms with van der Waals surface area (Å²) in [6.45, 7) is 6.77. The van der Waals surface area contributed by atoms with Crippen molar-refractivity contribution in [2.45, 2.75) is 0 Å². The van der Waals surface area contributed by atoms with Crippen LogP contribution in [0.1, 0.15) is 0 Å². The molecule has 0 atom stereocenters. The summed E-state index contributed by atoms with van der Waals surface area (Å²) < 4.78 is 0. The number of nitrogens with one attached hydrogen (secondary N) is 1. The molecule has 56 valence electrons. The topological polar surface area (TPSA) is 27.6 Å². The minimum Gasteiger partial charge on any atom is -0.335 e. The van der Waals surface area contributed by atoms with Gasteiger partial charge in [-0.15, -0.1) is 0 Å². The second kappa shape index (κ2) is 3.37. The van der Waals surface area contributed by atoms with Gasteiger partial charge < -0.3 is 10.2 Å². The van der Waals surface area contributed by atoms with E-state index in [4.69, 9.17) is 0 Å². The van der Waals surface area contributed by atoms with Crippen molar-refractivity contribution < 1.29 is 0 Å². The number of piperazine rings is 1. The Hall–Kier alpha value is -0.830. The zero-order chi connectivity index (χ0) is 7.40. The van der Waals surface area contributed by atoms with Crippen LogP contribution in [0.5, 0.6) is 0 Å². The Bertz CT molecular complexity index is 151. The zero-order valence-corrected chi connectivity index (χ0v) is 6.30. The Morgan fingerprint density at radius 1 is 1.80 bits per heavy atom. The van der Waals surface area contributed by atoms with Crippen molar-refractivity contribution in [1.82, 2.24) is 10.2 Å². The van der Waals surface area contributed by atoms with Gasteiger partial charge in [-0.05, 0) is 0 Å². The van der Waals surface area contributed by atoms with Gasteiger partial charge in [0.05, 0.1) is 6.34 Å². The van der Waals surface area contributed by atoms with Crippen LogP contribution < -0.4 is 5.32 Å². The van der Waals surface area contributed by atoms with E-state index in [1.54, 1.807) is 7.05 Å². The maximum atomic E-state index is 3.92. The predicted octanol–water partition coefficient (Wildman–Crippen LogP) is 0.0634. The van der Waals surface area contributed by atoms with Gasteiger partial charge in [0.25, 0.3) is 0 Å². The van der Waals surface area contributed by atoms with E-state index < -0.39 is 0 Å². The Labute approximate surface area is 61.4 Å². The maximum Gasteiger partial charge on any atom is 0.0888 e. The number of rotatable bonds is 1. The van der Waals surface area contributed by atoms with Crippen molar-refractivity contribution in [1.29, 1.82) is 0 Å². The summed E-state index contributed by atoms with van der Waals surface area (Å²) in [5.41, 5.74) is 1.09. The van der Waals surface area contributed by atoms with Crippen molar-refractivity contribution in [3.8, 4) is 0 Å². The van der Waals surface area contributed by atoms with Gasteiger partial charge in [-0.1, -0.05) is 6.58 Å². The zero-order valence-electron chi connectivity index (χ0n) is 6.30. The quantitative estimate of drug-likeness (QED) is 0.411. The van der Waals surface area contributed by atoms with Gasteiger partial charge in [-0.3, -0.25) is 4.99 Å². The maximum absolute atomic E-state index is 3.92. The van der Waals surface area contributed by atoms with Crippen molar-refractivity contribution in [2.75, 3.05) is 26.7 Å². The predicted molar refractivity (Wildman–Crippen MR) is 43.1 cm³/mol. The van der Waals surface area contributed by atoms with Gasteiger partial charge in [0.2, 0.25) is 0 Å². The fourth-order valence-electron chi connectivity index (χ4n) is 0.971. The van der Waals surface area contributed by atoms with Crippen LogP contribution in [0.15, 0.2) is 17.3 Å². The molecular formula is C7H13N3. The van der Waals surface area contributed by atoms with E-state index in [0.717, 1.165) is 25.3 Å². The second-order valence-corrected chi connectivity index (χ2v) is 2.31.